The number of hydrogen-bond donors (Lipinski definition) is 2. The quantitative estimate of drug-likeness (QED) is 0.615. The van der Waals surface area contributed by atoms with E-state index in [4.69, 9.17) is 16.3 Å². The second-order valence-electron chi connectivity index (χ2n) is 8.90. The molecule has 1 saturated heterocycles. The molecule has 0 unspecified atom stereocenters. The standard InChI is InChI=1S/C25H28ClN3O3/c1-3-22(31)29-14-25(15-29)13-28(11-16-6-4-5-7-19(16)26)21(12-30)24-23(25)18-9-8-17(32-2)10-20(18)27-24/h4-10,21,27,30H,3,11-15H2,1-2H3/t21-/m1/s1. The predicted octanol–water partition coefficient (Wildman–Crippen LogP) is 3.87. The Morgan fingerprint density at radius 3 is 2.72 bits per heavy atom. The van der Waals surface area contributed by atoms with Crippen molar-refractivity contribution in [1.82, 2.24) is 14.8 Å². The zero-order valence-electron chi connectivity index (χ0n) is 18.4. The summed E-state index contributed by atoms with van der Waals surface area (Å²) < 4.78 is 5.43. The first-order valence-corrected chi connectivity index (χ1v) is 11.4. The van der Waals surface area contributed by atoms with Crippen LogP contribution in [0.3, 0.4) is 0 Å². The summed E-state index contributed by atoms with van der Waals surface area (Å²) in [5, 5.41) is 12.3. The Morgan fingerprint density at radius 2 is 2.03 bits per heavy atom. The van der Waals surface area contributed by atoms with Gasteiger partial charge in [-0.15, -0.1) is 0 Å². The van der Waals surface area contributed by atoms with Crippen LogP contribution in [0.15, 0.2) is 42.5 Å². The Labute approximate surface area is 192 Å². The number of carbonyl (C=O) groups is 1. The fourth-order valence-electron chi connectivity index (χ4n) is 5.47. The van der Waals surface area contributed by atoms with Crippen LogP contribution in [0.1, 0.15) is 36.2 Å². The number of benzene rings is 2. The van der Waals surface area contributed by atoms with Crippen LogP contribution in [-0.4, -0.2) is 59.1 Å². The van der Waals surface area contributed by atoms with E-state index in [-0.39, 0.29) is 24.0 Å². The highest BCUT2D eigenvalue weighted by molar-refractivity contribution is 6.31. The van der Waals surface area contributed by atoms with E-state index >= 15 is 0 Å². The van der Waals surface area contributed by atoms with E-state index in [1.807, 2.05) is 48.2 Å². The monoisotopic (exact) mass is 453 g/mol. The van der Waals surface area contributed by atoms with Crippen molar-refractivity contribution in [2.75, 3.05) is 33.4 Å². The van der Waals surface area contributed by atoms with Crippen LogP contribution >= 0.6 is 11.6 Å². The summed E-state index contributed by atoms with van der Waals surface area (Å²) in [4.78, 5) is 20.2. The second kappa shape index (κ2) is 8.10. The van der Waals surface area contributed by atoms with Crippen LogP contribution in [0.25, 0.3) is 10.9 Å². The number of aliphatic hydroxyl groups excluding tert-OH is 1. The first kappa shape index (κ1) is 21.3. The van der Waals surface area contributed by atoms with Crippen molar-refractivity contribution in [2.24, 2.45) is 0 Å². The number of hydrogen-bond acceptors (Lipinski definition) is 4. The second-order valence-corrected chi connectivity index (χ2v) is 9.31. The van der Waals surface area contributed by atoms with Gasteiger partial charge in [0.15, 0.2) is 0 Å². The van der Waals surface area contributed by atoms with Crippen LogP contribution < -0.4 is 4.74 Å². The number of nitrogens with zero attached hydrogens (tertiary/aromatic N) is 2. The molecule has 6 nitrogen and oxygen atoms in total. The van der Waals surface area contributed by atoms with E-state index in [1.165, 1.54) is 5.56 Å². The maximum Gasteiger partial charge on any atom is 0.222 e. The van der Waals surface area contributed by atoms with Gasteiger partial charge in [0.25, 0.3) is 0 Å². The number of nitrogens with one attached hydrogen (secondary N) is 1. The van der Waals surface area contributed by atoms with Gasteiger partial charge in [-0.2, -0.15) is 0 Å². The van der Waals surface area contributed by atoms with Crippen molar-refractivity contribution in [2.45, 2.75) is 31.3 Å². The fourth-order valence-corrected chi connectivity index (χ4v) is 5.66. The average Bonchev–Trinajstić information content (AvgIpc) is 3.16. The van der Waals surface area contributed by atoms with E-state index in [1.54, 1.807) is 7.11 Å². The van der Waals surface area contributed by atoms with Gasteiger partial charge >= 0.3 is 0 Å². The lowest BCUT2D eigenvalue weighted by Gasteiger charge is -2.56. The molecule has 32 heavy (non-hydrogen) atoms. The SMILES string of the molecule is CCC(=O)N1CC2(C1)CN(Cc1ccccc1Cl)[C@H](CO)c1[nH]c3cc(OC)ccc3c12. The summed E-state index contributed by atoms with van der Waals surface area (Å²) in [6.07, 6.45) is 0.511. The molecule has 168 valence electrons. The van der Waals surface area contributed by atoms with E-state index in [0.717, 1.165) is 39.5 Å². The van der Waals surface area contributed by atoms with Crippen molar-refractivity contribution in [3.05, 3.63) is 64.3 Å². The average molecular weight is 454 g/mol. The number of aromatic amines is 1. The zero-order chi connectivity index (χ0) is 22.5. The first-order valence-electron chi connectivity index (χ1n) is 11.1. The molecule has 3 aromatic rings. The van der Waals surface area contributed by atoms with Crippen LogP contribution in [0.5, 0.6) is 5.75 Å². The van der Waals surface area contributed by atoms with Gasteiger partial charge in [-0.05, 0) is 29.3 Å². The lowest BCUT2D eigenvalue weighted by Crippen LogP contribution is -2.67. The molecule has 2 N–H and O–H groups in total. The number of rotatable bonds is 5. The molecule has 7 heteroatoms. The Kier molecular flexibility index (Phi) is 5.40. The van der Waals surface area contributed by atoms with Crippen molar-refractivity contribution in [1.29, 1.82) is 0 Å². The number of carbonyl (C=O) groups excluding carboxylic acids is 1. The molecule has 3 heterocycles. The minimum Gasteiger partial charge on any atom is -0.497 e. The van der Waals surface area contributed by atoms with Crippen LogP contribution in [0.4, 0.5) is 0 Å². The number of halogens is 1. The van der Waals surface area contributed by atoms with Gasteiger partial charge in [-0.25, -0.2) is 0 Å². The van der Waals surface area contributed by atoms with E-state index in [9.17, 15) is 9.90 Å². The predicted molar refractivity (Wildman–Crippen MR) is 125 cm³/mol. The maximum absolute atomic E-state index is 12.4. The van der Waals surface area contributed by atoms with Gasteiger partial charge in [0.1, 0.15) is 5.75 Å². The van der Waals surface area contributed by atoms with Gasteiger partial charge in [-0.1, -0.05) is 36.7 Å². The highest BCUT2D eigenvalue weighted by Crippen LogP contribution is 2.49. The third-order valence-electron chi connectivity index (χ3n) is 6.99. The van der Waals surface area contributed by atoms with Gasteiger partial charge in [0, 0.05) is 65.7 Å². The van der Waals surface area contributed by atoms with E-state index < -0.39 is 0 Å². The molecule has 1 aromatic heterocycles. The van der Waals surface area contributed by atoms with Gasteiger partial charge in [-0.3, -0.25) is 9.69 Å². The highest BCUT2D eigenvalue weighted by Gasteiger charge is 2.53. The van der Waals surface area contributed by atoms with Crippen molar-refractivity contribution in [3.8, 4) is 5.75 Å². The molecule has 1 amide bonds. The van der Waals surface area contributed by atoms with Crippen LogP contribution in [-0.2, 0) is 16.8 Å². The lowest BCUT2D eigenvalue weighted by atomic mass is 9.68. The number of aromatic nitrogens is 1. The molecule has 1 spiro atoms. The topological polar surface area (TPSA) is 68.8 Å². The molecular weight excluding hydrogens is 426 g/mol. The third-order valence-corrected chi connectivity index (χ3v) is 7.36. The summed E-state index contributed by atoms with van der Waals surface area (Å²) in [5.41, 5.74) is 4.10. The summed E-state index contributed by atoms with van der Waals surface area (Å²) in [7, 11) is 1.66. The van der Waals surface area contributed by atoms with E-state index in [2.05, 4.69) is 16.0 Å². The Hall–Kier alpha value is -2.54. The normalized spacial score (nSPS) is 19.8. The number of fused-ring (bicyclic) bond motifs is 4. The Morgan fingerprint density at radius 1 is 1.25 bits per heavy atom. The minimum atomic E-state index is -0.181. The zero-order valence-corrected chi connectivity index (χ0v) is 19.2. The number of aliphatic hydroxyl groups is 1. The summed E-state index contributed by atoms with van der Waals surface area (Å²) in [6, 6.07) is 13.7. The van der Waals surface area contributed by atoms with Gasteiger partial charge in [0.2, 0.25) is 5.91 Å². The largest absolute Gasteiger partial charge is 0.497 e. The van der Waals surface area contributed by atoms with Crippen molar-refractivity contribution < 1.29 is 14.6 Å². The minimum absolute atomic E-state index is 0.00487. The number of H-pyrrole nitrogens is 1. The maximum atomic E-state index is 12.4. The Bertz CT molecular complexity index is 1170. The number of likely N-dealkylation sites (tertiary alicyclic amines) is 1. The molecule has 1 fully saturated rings. The van der Waals surface area contributed by atoms with Crippen molar-refractivity contribution in [3.63, 3.8) is 0 Å². The Balaban J connectivity index is 1.61. The molecule has 0 aliphatic carbocycles. The number of methoxy groups -OCH3 is 1. The van der Waals surface area contributed by atoms with Gasteiger partial charge < -0.3 is 19.7 Å². The van der Waals surface area contributed by atoms with Crippen molar-refractivity contribution >= 4 is 28.4 Å². The molecule has 0 radical (unpaired) electrons. The molecular formula is C25H28ClN3O3. The smallest absolute Gasteiger partial charge is 0.222 e. The van der Waals surface area contributed by atoms with E-state index in [0.29, 0.717) is 26.1 Å². The lowest BCUT2D eigenvalue weighted by molar-refractivity contribution is -0.140. The van der Waals surface area contributed by atoms with Crippen LogP contribution in [0.2, 0.25) is 5.02 Å². The molecule has 5 rings (SSSR count). The van der Waals surface area contributed by atoms with Crippen LogP contribution in [0, 0.1) is 0 Å². The summed E-state index contributed by atoms with van der Waals surface area (Å²) in [5.74, 6) is 0.968. The number of ether oxygens (including phenoxy) is 1. The fraction of sp³-hybridized carbons (Fsp3) is 0.400. The third kappa shape index (κ3) is 3.29. The molecule has 2 aliphatic heterocycles. The molecule has 2 aromatic carbocycles. The molecule has 0 saturated carbocycles. The number of amides is 1. The molecule has 0 bridgehead atoms. The summed E-state index contributed by atoms with van der Waals surface area (Å²) >= 11 is 6.47. The molecule has 2 aliphatic rings. The van der Waals surface area contributed by atoms with Gasteiger partial charge in [0.05, 0.1) is 19.8 Å². The molecule has 1 atom stereocenters. The highest BCUT2D eigenvalue weighted by atomic mass is 35.5. The first-order chi connectivity index (χ1) is 15.5. The summed E-state index contributed by atoms with van der Waals surface area (Å²) in [6.45, 7) is 4.65.